The molecular formula is C17H21ClN2O2S3. The molecule has 1 saturated heterocycles. The number of amides is 1. The zero-order valence-corrected chi connectivity index (χ0v) is 17.4. The topological polar surface area (TPSA) is 36.7 Å². The van der Waals surface area contributed by atoms with Gasteiger partial charge in [-0.2, -0.15) is 11.8 Å². The number of carbonyl (C=O) groups is 1. The molecule has 3 heterocycles. The standard InChI is InChI=1S/C17H21ClN2O2S3/c1-19(2)9-12-3-4-13(22-12)10-23-8-7-20-16(21)11-24-17(20)14-5-6-15(18)25-14/h3-6,17H,7-11H2,1-2H3. The number of hydrogen-bond donors (Lipinski definition) is 0. The number of thioether (sulfide) groups is 2. The van der Waals surface area contributed by atoms with E-state index in [1.807, 2.05) is 43.3 Å². The molecule has 1 amide bonds. The molecule has 0 spiro atoms. The summed E-state index contributed by atoms with van der Waals surface area (Å²) in [5, 5.41) is 0.112. The smallest absolute Gasteiger partial charge is 0.233 e. The number of rotatable bonds is 8. The molecule has 1 aliphatic rings. The van der Waals surface area contributed by atoms with Crippen molar-refractivity contribution in [2.45, 2.75) is 17.7 Å². The number of halogens is 1. The molecule has 2 aromatic rings. The molecular weight excluding hydrogens is 396 g/mol. The van der Waals surface area contributed by atoms with E-state index in [1.165, 1.54) is 0 Å². The Balaban J connectivity index is 1.47. The van der Waals surface area contributed by atoms with Crippen molar-refractivity contribution < 1.29 is 9.21 Å². The van der Waals surface area contributed by atoms with Crippen molar-refractivity contribution in [3.8, 4) is 0 Å². The summed E-state index contributed by atoms with van der Waals surface area (Å²) in [4.78, 5) is 17.4. The molecule has 3 rings (SSSR count). The fourth-order valence-electron chi connectivity index (χ4n) is 2.62. The molecule has 0 aliphatic carbocycles. The zero-order valence-electron chi connectivity index (χ0n) is 14.2. The second kappa shape index (κ2) is 8.86. The highest BCUT2D eigenvalue weighted by Crippen LogP contribution is 2.42. The number of thiophene rings is 1. The molecule has 0 N–H and O–H groups in total. The fraction of sp³-hybridized carbons (Fsp3) is 0.471. The van der Waals surface area contributed by atoms with Gasteiger partial charge in [-0.1, -0.05) is 11.6 Å². The maximum atomic E-state index is 12.2. The van der Waals surface area contributed by atoms with E-state index in [1.54, 1.807) is 34.9 Å². The van der Waals surface area contributed by atoms with Crippen LogP contribution in [0, 0.1) is 0 Å². The molecule has 8 heteroatoms. The molecule has 1 fully saturated rings. The number of carbonyl (C=O) groups excluding carboxylic acids is 1. The summed E-state index contributed by atoms with van der Waals surface area (Å²) in [5.41, 5.74) is 0. The van der Waals surface area contributed by atoms with Crippen LogP contribution in [-0.4, -0.2) is 47.9 Å². The Morgan fingerprint density at radius 2 is 2.12 bits per heavy atom. The van der Waals surface area contributed by atoms with Gasteiger partial charge in [-0.25, -0.2) is 0 Å². The van der Waals surface area contributed by atoms with Gasteiger partial charge >= 0.3 is 0 Å². The summed E-state index contributed by atoms with van der Waals surface area (Å²) in [6.07, 6.45) is 0. The predicted octanol–water partition coefficient (Wildman–Crippen LogP) is 4.56. The molecule has 25 heavy (non-hydrogen) atoms. The quantitative estimate of drug-likeness (QED) is 0.589. The van der Waals surface area contributed by atoms with E-state index < -0.39 is 0 Å². The molecule has 1 aliphatic heterocycles. The van der Waals surface area contributed by atoms with Crippen LogP contribution in [0.15, 0.2) is 28.7 Å². The molecule has 0 bridgehead atoms. The van der Waals surface area contributed by atoms with Gasteiger partial charge in [0.2, 0.25) is 5.91 Å². The van der Waals surface area contributed by atoms with Crippen LogP contribution in [0.4, 0.5) is 0 Å². The van der Waals surface area contributed by atoms with E-state index in [0.29, 0.717) is 5.75 Å². The minimum absolute atomic E-state index is 0.112. The predicted molar refractivity (Wildman–Crippen MR) is 109 cm³/mol. The third-order valence-corrected chi connectivity index (χ3v) is 7.35. The average Bonchev–Trinajstić information content (AvgIpc) is 3.25. The molecule has 2 aromatic heterocycles. The lowest BCUT2D eigenvalue weighted by molar-refractivity contribution is -0.127. The molecule has 136 valence electrons. The Bertz CT molecular complexity index is 716. The molecule has 0 radical (unpaired) electrons. The second-order valence-corrected chi connectivity index (χ2v) is 9.97. The minimum Gasteiger partial charge on any atom is -0.464 e. The van der Waals surface area contributed by atoms with Gasteiger partial charge in [-0.05, 0) is 38.4 Å². The summed E-state index contributed by atoms with van der Waals surface area (Å²) in [7, 11) is 4.05. The van der Waals surface area contributed by atoms with E-state index in [-0.39, 0.29) is 11.3 Å². The first-order chi connectivity index (χ1) is 12.0. The highest BCUT2D eigenvalue weighted by atomic mass is 35.5. The van der Waals surface area contributed by atoms with Crippen LogP contribution in [0.5, 0.6) is 0 Å². The lowest BCUT2D eigenvalue weighted by atomic mass is 10.4. The Hall–Kier alpha value is -0.600. The van der Waals surface area contributed by atoms with Crippen molar-refractivity contribution in [2.24, 2.45) is 0 Å². The summed E-state index contributed by atoms with van der Waals surface area (Å²) < 4.78 is 6.59. The van der Waals surface area contributed by atoms with Crippen LogP contribution in [0.2, 0.25) is 4.34 Å². The average molecular weight is 417 g/mol. The van der Waals surface area contributed by atoms with Crippen LogP contribution in [-0.2, 0) is 17.1 Å². The Kier molecular flexibility index (Phi) is 6.79. The molecule has 1 atom stereocenters. The summed E-state index contributed by atoms with van der Waals surface area (Å²) >= 11 is 11.1. The van der Waals surface area contributed by atoms with E-state index in [9.17, 15) is 4.79 Å². The van der Waals surface area contributed by atoms with Crippen molar-refractivity contribution in [1.82, 2.24) is 9.80 Å². The summed E-state index contributed by atoms with van der Waals surface area (Å²) in [6.45, 7) is 1.57. The summed E-state index contributed by atoms with van der Waals surface area (Å²) in [5.74, 6) is 4.47. The van der Waals surface area contributed by atoms with Crippen molar-refractivity contribution >= 4 is 52.4 Å². The van der Waals surface area contributed by atoms with Gasteiger partial charge in [0.15, 0.2) is 0 Å². The molecule has 1 unspecified atom stereocenters. The van der Waals surface area contributed by atoms with Gasteiger partial charge in [-0.15, -0.1) is 23.1 Å². The van der Waals surface area contributed by atoms with Crippen molar-refractivity contribution in [1.29, 1.82) is 0 Å². The third-order valence-electron chi connectivity index (χ3n) is 3.72. The Labute approximate surface area is 165 Å². The fourth-order valence-corrected chi connectivity index (χ4v) is 5.97. The molecule has 0 saturated carbocycles. The van der Waals surface area contributed by atoms with Gasteiger partial charge < -0.3 is 14.2 Å². The Morgan fingerprint density at radius 1 is 1.32 bits per heavy atom. The number of nitrogens with zero attached hydrogens (tertiary/aromatic N) is 2. The van der Waals surface area contributed by atoms with Crippen molar-refractivity contribution in [3.63, 3.8) is 0 Å². The molecule has 4 nitrogen and oxygen atoms in total. The summed E-state index contributed by atoms with van der Waals surface area (Å²) in [6, 6.07) is 8.00. The van der Waals surface area contributed by atoms with Gasteiger partial charge in [0.05, 0.1) is 22.4 Å². The highest BCUT2D eigenvalue weighted by Gasteiger charge is 2.33. The van der Waals surface area contributed by atoms with E-state index in [0.717, 1.165) is 45.3 Å². The third kappa shape index (κ3) is 5.20. The first-order valence-electron chi connectivity index (χ1n) is 7.99. The van der Waals surface area contributed by atoms with Crippen molar-refractivity contribution in [3.05, 3.63) is 45.0 Å². The van der Waals surface area contributed by atoms with E-state index in [4.69, 9.17) is 16.0 Å². The molecule has 0 aromatic carbocycles. The minimum atomic E-state index is 0.112. The second-order valence-electron chi connectivity index (χ2n) is 6.05. The monoisotopic (exact) mass is 416 g/mol. The number of hydrogen-bond acceptors (Lipinski definition) is 6. The largest absolute Gasteiger partial charge is 0.464 e. The van der Waals surface area contributed by atoms with Gasteiger partial charge in [0.25, 0.3) is 0 Å². The van der Waals surface area contributed by atoms with Crippen LogP contribution in [0.1, 0.15) is 21.8 Å². The lowest BCUT2D eigenvalue weighted by Crippen LogP contribution is -2.30. The SMILES string of the molecule is CN(C)Cc1ccc(CSCCN2C(=O)CSC2c2ccc(Cl)s2)o1. The first kappa shape index (κ1) is 19.2. The normalized spacial score (nSPS) is 17.8. The van der Waals surface area contributed by atoms with Crippen LogP contribution in [0.25, 0.3) is 0 Å². The van der Waals surface area contributed by atoms with Gasteiger partial charge in [-0.3, -0.25) is 4.79 Å². The van der Waals surface area contributed by atoms with Gasteiger partial charge in [0, 0.05) is 17.2 Å². The van der Waals surface area contributed by atoms with Crippen molar-refractivity contribution in [2.75, 3.05) is 32.1 Å². The maximum absolute atomic E-state index is 12.2. The van der Waals surface area contributed by atoms with Crippen LogP contribution >= 0.6 is 46.5 Å². The van der Waals surface area contributed by atoms with Crippen LogP contribution in [0.3, 0.4) is 0 Å². The van der Waals surface area contributed by atoms with E-state index >= 15 is 0 Å². The first-order valence-corrected chi connectivity index (χ1v) is 11.4. The highest BCUT2D eigenvalue weighted by molar-refractivity contribution is 8.00. The van der Waals surface area contributed by atoms with E-state index in [2.05, 4.69) is 4.90 Å². The maximum Gasteiger partial charge on any atom is 0.233 e. The number of furan rings is 1. The lowest BCUT2D eigenvalue weighted by Gasteiger charge is -2.22. The Morgan fingerprint density at radius 3 is 2.84 bits per heavy atom. The van der Waals surface area contributed by atoms with Crippen LogP contribution < -0.4 is 0 Å². The van der Waals surface area contributed by atoms with Gasteiger partial charge in [0.1, 0.15) is 16.9 Å². The zero-order chi connectivity index (χ0) is 17.8.